The van der Waals surface area contributed by atoms with Gasteiger partial charge >= 0.3 is 0 Å². The number of hydrogen-bond donors (Lipinski definition) is 1. The van der Waals surface area contributed by atoms with Crippen molar-refractivity contribution in [3.63, 3.8) is 0 Å². The molecule has 0 saturated heterocycles. The van der Waals surface area contributed by atoms with Gasteiger partial charge in [-0.2, -0.15) is 0 Å². The van der Waals surface area contributed by atoms with Crippen LogP contribution in [0.1, 0.15) is 37.4 Å². The van der Waals surface area contributed by atoms with E-state index in [0.29, 0.717) is 10.5 Å². The molecule has 0 bridgehead atoms. The van der Waals surface area contributed by atoms with E-state index in [9.17, 15) is 4.39 Å². The van der Waals surface area contributed by atoms with Crippen molar-refractivity contribution >= 4 is 27.6 Å². The van der Waals surface area contributed by atoms with Gasteiger partial charge in [-0.1, -0.05) is 12.8 Å². The zero-order valence-electron chi connectivity index (χ0n) is 11.4. The van der Waals surface area contributed by atoms with E-state index in [0.717, 1.165) is 17.3 Å². The molecule has 3 rings (SSSR count). The van der Waals surface area contributed by atoms with Crippen LogP contribution in [0.5, 0.6) is 0 Å². The van der Waals surface area contributed by atoms with Crippen LogP contribution in [0, 0.1) is 12.7 Å². The largest absolute Gasteiger partial charge is 0.325 e. The smallest absolute Gasteiger partial charge is 0.207 e. The maximum Gasteiger partial charge on any atom is 0.207 e. The Kier molecular flexibility index (Phi) is 3.78. The minimum Gasteiger partial charge on any atom is -0.325 e. The fourth-order valence-electron chi connectivity index (χ4n) is 2.78. The van der Waals surface area contributed by atoms with Crippen LogP contribution in [0.2, 0.25) is 0 Å². The van der Waals surface area contributed by atoms with Crippen LogP contribution in [-0.2, 0) is 0 Å². The Morgan fingerprint density at radius 1 is 1.35 bits per heavy atom. The van der Waals surface area contributed by atoms with Crippen molar-refractivity contribution in [3.8, 4) is 0 Å². The summed E-state index contributed by atoms with van der Waals surface area (Å²) in [6, 6.07) is 5.15. The number of benzene rings is 1. The highest BCUT2D eigenvalue weighted by molar-refractivity contribution is 9.10. The van der Waals surface area contributed by atoms with Crippen LogP contribution in [-0.4, -0.2) is 9.55 Å². The molecule has 3 nitrogen and oxygen atoms in total. The molecule has 106 valence electrons. The molecule has 0 unspecified atom stereocenters. The second-order valence-electron chi connectivity index (χ2n) is 5.30. The van der Waals surface area contributed by atoms with Crippen LogP contribution in [0.3, 0.4) is 0 Å². The molecular formula is C15H17BrFN3. The molecule has 20 heavy (non-hydrogen) atoms. The van der Waals surface area contributed by atoms with Crippen molar-refractivity contribution in [2.45, 2.75) is 38.6 Å². The monoisotopic (exact) mass is 337 g/mol. The van der Waals surface area contributed by atoms with E-state index in [1.807, 2.05) is 6.92 Å². The molecule has 5 heteroatoms. The number of rotatable bonds is 3. The Labute approximate surface area is 126 Å². The van der Waals surface area contributed by atoms with E-state index in [2.05, 4.69) is 37.0 Å². The highest BCUT2D eigenvalue weighted by Gasteiger charge is 2.20. The first-order valence-electron chi connectivity index (χ1n) is 6.91. The fourth-order valence-corrected chi connectivity index (χ4v) is 3.23. The molecule has 2 aromatic rings. The lowest BCUT2D eigenvalue weighted by Crippen LogP contribution is -2.08. The van der Waals surface area contributed by atoms with Gasteiger partial charge in [0.2, 0.25) is 5.95 Å². The first kappa shape index (κ1) is 13.6. The van der Waals surface area contributed by atoms with Crippen LogP contribution in [0.15, 0.2) is 28.9 Å². The van der Waals surface area contributed by atoms with Gasteiger partial charge in [-0.05, 0) is 53.9 Å². The number of aryl methyl sites for hydroxylation is 1. The fraction of sp³-hybridized carbons (Fsp3) is 0.400. The van der Waals surface area contributed by atoms with Gasteiger partial charge in [0.1, 0.15) is 5.82 Å². The lowest BCUT2D eigenvalue weighted by atomic mass is 10.2. The quantitative estimate of drug-likeness (QED) is 0.858. The van der Waals surface area contributed by atoms with Gasteiger partial charge in [0, 0.05) is 16.7 Å². The van der Waals surface area contributed by atoms with Gasteiger partial charge < -0.3 is 9.88 Å². The van der Waals surface area contributed by atoms with Gasteiger partial charge in [0.15, 0.2) is 0 Å². The van der Waals surface area contributed by atoms with Crippen molar-refractivity contribution < 1.29 is 4.39 Å². The maximum atomic E-state index is 13.1. The van der Waals surface area contributed by atoms with Crippen molar-refractivity contribution in [1.29, 1.82) is 0 Å². The average molecular weight is 338 g/mol. The summed E-state index contributed by atoms with van der Waals surface area (Å²) in [6.07, 6.45) is 7.06. The van der Waals surface area contributed by atoms with Crippen molar-refractivity contribution in [1.82, 2.24) is 9.55 Å². The molecule has 1 N–H and O–H groups in total. The molecule has 0 amide bonds. The van der Waals surface area contributed by atoms with Gasteiger partial charge in [0.25, 0.3) is 0 Å². The van der Waals surface area contributed by atoms with Crippen LogP contribution in [0.25, 0.3) is 0 Å². The van der Waals surface area contributed by atoms with Crippen molar-refractivity contribution in [2.24, 2.45) is 0 Å². The van der Waals surface area contributed by atoms with Gasteiger partial charge in [0.05, 0.1) is 11.4 Å². The van der Waals surface area contributed by atoms with E-state index < -0.39 is 0 Å². The highest BCUT2D eigenvalue weighted by atomic mass is 79.9. The molecule has 0 spiro atoms. The molecule has 1 aromatic heterocycles. The zero-order chi connectivity index (χ0) is 14.1. The number of anilines is 2. The summed E-state index contributed by atoms with van der Waals surface area (Å²) < 4.78 is 16.1. The van der Waals surface area contributed by atoms with Gasteiger partial charge in [-0.3, -0.25) is 0 Å². The lowest BCUT2D eigenvalue weighted by molar-refractivity contribution is 0.524. The summed E-state index contributed by atoms with van der Waals surface area (Å²) in [5.41, 5.74) is 1.83. The zero-order valence-corrected chi connectivity index (χ0v) is 13.0. The van der Waals surface area contributed by atoms with E-state index in [1.54, 1.807) is 6.07 Å². The molecule has 1 aromatic carbocycles. The number of nitrogens with one attached hydrogen (secondary N) is 1. The second kappa shape index (κ2) is 5.56. The third kappa shape index (κ3) is 2.73. The van der Waals surface area contributed by atoms with Gasteiger partial charge in [-0.15, -0.1) is 0 Å². The minimum absolute atomic E-state index is 0.252. The lowest BCUT2D eigenvalue weighted by Gasteiger charge is -2.16. The van der Waals surface area contributed by atoms with Crippen molar-refractivity contribution in [2.75, 3.05) is 5.32 Å². The Bertz CT molecular complexity index is 618. The average Bonchev–Trinajstić information content (AvgIpc) is 3.02. The number of aromatic nitrogens is 2. The third-order valence-electron chi connectivity index (χ3n) is 3.75. The topological polar surface area (TPSA) is 29.9 Å². The van der Waals surface area contributed by atoms with Crippen LogP contribution < -0.4 is 5.32 Å². The molecule has 0 atom stereocenters. The van der Waals surface area contributed by atoms with E-state index in [1.165, 1.54) is 37.8 Å². The number of imidazole rings is 1. The number of hydrogen-bond acceptors (Lipinski definition) is 2. The van der Waals surface area contributed by atoms with Crippen LogP contribution >= 0.6 is 15.9 Å². The molecule has 1 aliphatic carbocycles. The van der Waals surface area contributed by atoms with E-state index >= 15 is 0 Å². The Hall–Kier alpha value is -1.36. The first-order chi connectivity index (χ1) is 9.63. The standard InChI is InChI=1S/C15H17BrFN3/c1-10-9-20(12-4-2-3-5-12)15(18-10)19-14-7-6-11(17)8-13(14)16/h6-9,12H,2-5H2,1H3,(H,18,19). The summed E-state index contributed by atoms with van der Waals surface area (Å²) in [5, 5.41) is 3.30. The summed E-state index contributed by atoms with van der Waals surface area (Å²) in [7, 11) is 0. The van der Waals surface area contributed by atoms with Gasteiger partial charge in [-0.25, -0.2) is 9.37 Å². The molecule has 1 aliphatic rings. The molecule has 0 radical (unpaired) electrons. The second-order valence-corrected chi connectivity index (χ2v) is 6.15. The number of nitrogens with zero attached hydrogens (tertiary/aromatic N) is 2. The summed E-state index contributed by atoms with van der Waals surface area (Å²) in [4.78, 5) is 4.55. The summed E-state index contributed by atoms with van der Waals surface area (Å²) >= 11 is 3.38. The normalized spacial score (nSPS) is 15.8. The maximum absolute atomic E-state index is 13.1. The Morgan fingerprint density at radius 2 is 2.10 bits per heavy atom. The molecular weight excluding hydrogens is 321 g/mol. The number of halogens is 2. The highest BCUT2D eigenvalue weighted by Crippen LogP contribution is 2.34. The molecule has 1 fully saturated rings. The van der Waals surface area contributed by atoms with Crippen LogP contribution in [0.4, 0.5) is 16.0 Å². The van der Waals surface area contributed by atoms with E-state index in [-0.39, 0.29) is 5.82 Å². The Balaban J connectivity index is 1.90. The first-order valence-corrected chi connectivity index (χ1v) is 7.70. The Morgan fingerprint density at radius 3 is 2.80 bits per heavy atom. The third-order valence-corrected chi connectivity index (χ3v) is 4.40. The predicted octanol–water partition coefficient (Wildman–Crippen LogP) is 4.95. The predicted molar refractivity (Wildman–Crippen MR) is 81.9 cm³/mol. The van der Waals surface area contributed by atoms with E-state index in [4.69, 9.17) is 0 Å². The SMILES string of the molecule is Cc1cn(C2CCCC2)c(Nc2ccc(F)cc2Br)n1. The summed E-state index contributed by atoms with van der Waals surface area (Å²) in [5.74, 6) is 0.583. The molecule has 0 aliphatic heterocycles. The molecule has 1 heterocycles. The van der Waals surface area contributed by atoms with Crippen molar-refractivity contribution in [3.05, 3.63) is 40.4 Å². The molecule has 1 saturated carbocycles. The summed E-state index contributed by atoms with van der Waals surface area (Å²) in [6.45, 7) is 2.00. The minimum atomic E-state index is -0.252.